The number of rotatable bonds is 12. The number of ether oxygens (including phenoxy) is 2. The summed E-state index contributed by atoms with van der Waals surface area (Å²) in [5, 5.41) is 0. The first-order valence-corrected chi connectivity index (χ1v) is 11.4. The van der Waals surface area contributed by atoms with Gasteiger partial charge >= 0.3 is 12.3 Å². The van der Waals surface area contributed by atoms with E-state index < -0.39 is 23.5 Å². The molecule has 0 spiro atoms. The van der Waals surface area contributed by atoms with E-state index in [1.165, 1.54) is 0 Å². The predicted molar refractivity (Wildman–Crippen MR) is 122 cm³/mol. The molecular weight excluding hydrogens is 416 g/mol. The molecule has 8 nitrogen and oxygen atoms in total. The van der Waals surface area contributed by atoms with Gasteiger partial charge in [0, 0.05) is 0 Å². The molecule has 0 heterocycles. The van der Waals surface area contributed by atoms with Crippen LogP contribution in [0.2, 0.25) is 0 Å². The molecule has 0 bridgehead atoms. The highest BCUT2D eigenvalue weighted by Gasteiger charge is 2.30. The van der Waals surface area contributed by atoms with Crippen LogP contribution in [0.5, 0.6) is 0 Å². The second-order valence-corrected chi connectivity index (χ2v) is 12.0. The van der Waals surface area contributed by atoms with Crippen molar-refractivity contribution in [3.05, 3.63) is 0 Å². The monoisotopic (exact) mass is 462 g/mol. The lowest BCUT2D eigenvalue weighted by Gasteiger charge is -2.30. The summed E-state index contributed by atoms with van der Waals surface area (Å²) in [6.07, 6.45) is 0.838. The molecule has 0 aromatic rings. The highest BCUT2D eigenvalue weighted by molar-refractivity contribution is 5.59. The van der Waals surface area contributed by atoms with Crippen LogP contribution in [0.4, 0.5) is 9.59 Å². The third-order valence-electron chi connectivity index (χ3n) is 4.19. The van der Waals surface area contributed by atoms with Crippen LogP contribution in [0.15, 0.2) is 0 Å². The van der Waals surface area contributed by atoms with Gasteiger partial charge in [-0.1, -0.05) is 48.5 Å². The Bertz CT molecular complexity index is 570. The van der Waals surface area contributed by atoms with Gasteiger partial charge in [-0.15, -0.1) is 0 Å². The Kier molecular flexibility index (Phi) is 12.0. The van der Waals surface area contributed by atoms with E-state index >= 15 is 0 Å². The van der Waals surface area contributed by atoms with Crippen molar-refractivity contribution >= 4 is 12.3 Å². The summed E-state index contributed by atoms with van der Waals surface area (Å²) in [6.45, 7) is 21.9. The second-order valence-electron chi connectivity index (χ2n) is 12.0. The highest BCUT2D eigenvalue weighted by Crippen LogP contribution is 2.30. The molecule has 0 aliphatic rings. The molecule has 1 unspecified atom stereocenters. The van der Waals surface area contributed by atoms with Crippen LogP contribution in [0.25, 0.3) is 0 Å². The van der Waals surface area contributed by atoms with E-state index in [0.29, 0.717) is 32.1 Å². The zero-order chi connectivity index (χ0) is 25.2. The van der Waals surface area contributed by atoms with Gasteiger partial charge in [-0.3, -0.25) is 9.78 Å². The van der Waals surface area contributed by atoms with E-state index in [1.807, 2.05) is 34.6 Å². The predicted octanol–water partition coefficient (Wildman–Crippen LogP) is 7.14. The van der Waals surface area contributed by atoms with Crippen molar-refractivity contribution in [3.63, 3.8) is 0 Å². The third kappa shape index (κ3) is 17.1. The van der Waals surface area contributed by atoms with Crippen molar-refractivity contribution in [1.82, 2.24) is 0 Å². The minimum absolute atomic E-state index is 0.0250. The van der Waals surface area contributed by atoms with E-state index in [1.54, 1.807) is 0 Å². The molecule has 0 aliphatic heterocycles. The van der Waals surface area contributed by atoms with Gasteiger partial charge in [0.2, 0.25) is 0 Å². The van der Waals surface area contributed by atoms with Crippen molar-refractivity contribution in [1.29, 1.82) is 0 Å². The first-order chi connectivity index (χ1) is 14.3. The molecule has 0 saturated heterocycles. The second kappa shape index (κ2) is 12.6. The third-order valence-corrected chi connectivity index (χ3v) is 4.19. The lowest BCUT2D eigenvalue weighted by Crippen LogP contribution is -2.32. The first-order valence-electron chi connectivity index (χ1n) is 11.4. The van der Waals surface area contributed by atoms with Gasteiger partial charge < -0.3 is 9.47 Å². The standard InChI is InChI=1S/C24H46O8/c1-12-18(28-20(26)30-32-24(10,11)17-22(5,6)7)14-13-15-27-19(25)29-31-23(8,9)16-21(2,3)4/h18H,12-17H2,1-11H3. The number of carbonyl (C=O) groups excluding carboxylic acids is 2. The zero-order valence-corrected chi connectivity index (χ0v) is 22.1. The summed E-state index contributed by atoms with van der Waals surface area (Å²) in [5.74, 6) is 0. The minimum Gasteiger partial charge on any atom is -0.432 e. The molecule has 0 aromatic heterocycles. The molecule has 0 radical (unpaired) electrons. The zero-order valence-electron chi connectivity index (χ0n) is 22.1. The summed E-state index contributed by atoms with van der Waals surface area (Å²) < 4.78 is 10.3. The molecule has 0 aliphatic carbocycles. The normalized spacial score (nSPS) is 14.0. The van der Waals surface area contributed by atoms with Crippen molar-refractivity contribution < 1.29 is 38.6 Å². The van der Waals surface area contributed by atoms with Gasteiger partial charge in [-0.25, -0.2) is 9.59 Å². The van der Waals surface area contributed by atoms with Crippen molar-refractivity contribution in [2.24, 2.45) is 10.8 Å². The van der Waals surface area contributed by atoms with Crippen molar-refractivity contribution in [3.8, 4) is 0 Å². The van der Waals surface area contributed by atoms with Crippen LogP contribution >= 0.6 is 0 Å². The number of hydrogen-bond acceptors (Lipinski definition) is 8. The number of hydrogen-bond donors (Lipinski definition) is 0. The topological polar surface area (TPSA) is 89.5 Å². The van der Waals surface area contributed by atoms with Gasteiger partial charge in [-0.2, -0.15) is 9.78 Å². The fraction of sp³-hybridized carbons (Fsp3) is 0.917. The average Bonchev–Trinajstić information content (AvgIpc) is 2.57. The molecule has 1 atom stereocenters. The Labute approximate surface area is 194 Å². The Morgan fingerprint density at radius 2 is 1.16 bits per heavy atom. The fourth-order valence-electron chi connectivity index (χ4n) is 3.90. The molecule has 0 N–H and O–H groups in total. The summed E-state index contributed by atoms with van der Waals surface area (Å²) in [6, 6.07) is 0. The van der Waals surface area contributed by atoms with Gasteiger partial charge in [-0.05, 0) is 70.6 Å². The smallest absolute Gasteiger partial charge is 0.432 e. The van der Waals surface area contributed by atoms with Crippen molar-refractivity contribution in [2.75, 3.05) is 6.61 Å². The molecule has 32 heavy (non-hydrogen) atoms. The van der Waals surface area contributed by atoms with E-state index in [4.69, 9.17) is 29.0 Å². The van der Waals surface area contributed by atoms with Gasteiger partial charge in [0.05, 0.1) is 6.61 Å². The Morgan fingerprint density at radius 3 is 1.56 bits per heavy atom. The summed E-state index contributed by atoms with van der Waals surface area (Å²) >= 11 is 0. The molecule has 0 saturated carbocycles. The maximum absolute atomic E-state index is 12.0. The summed E-state index contributed by atoms with van der Waals surface area (Å²) in [5.41, 5.74) is -1.20. The maximum atomic E-state index is 12.0. The van der Waals surface area contributed by atoms with Crippen LogP contribution < -0.4 is 0 Å². The summed E-state index contributed by atoms with van der Waals surface area (Å²) in [4.78, 5) is 43.8. The van der Waals surface area contributed by atoms with Gasteiger partial charge in [0.1, 0.15) is 17.3 Å². The summed E-state index contributed by atoms with van der Waals surface area (Å²) in [7, 11) is 0. The fourth-order valence-corrected chi connectivity index (χ4v) is 3.90. The molecule has 0 aromatic carbocycles. The van der Waals surface area contributed by atoms with Crippen molar-refractivity contribution in [2.45, 2.75) is 126 Å². The maximum Gasteiger partial charge on any atom is 0.540 e. The van der Waals surface area contributed by atoms with Gasteiger partial charge in [0.15, 0.2) is 0 Å². The molecule has 0 amide bonds. The van der Waals surface area contributed by atoms with Gasteiger partial charge in [0.25, 0.3) is 0 Å². The first kappa shape index (κ1) is 30.5. The van der Waals surface area contributed by atoms with E-state index in [-0.39, 0.29) is 23.5 Å². The van der Waals surface area contributed by atoms with Crippen LogP contribution in [-0.4, -0.2) is 36.2 Å². The van der Waals surface area contributed by atoms with E-state index in [0.717, 1.165) is 0 Å². The lowest BCUT2D eigenvalue weighted by atomic mass is 9.84. The Hall–Kier alpha value is -1.54. The van der Waals surface area contributed by atoms with E-state index in [2.05, 4.69) is 41.5 Å². The lowest BCUT2D eigenvalue weighted by molar-refractivity contribution is -0.324. The average molecular weight is 463 g/mol. The van der Waals surface area contributed by atoms with E-state index in [9.17, 15) is 9.59 Å². The highest BCUT2D eigenvalue weighted by atomic mass is 17.2. The van der Waals surface area contributed by atoms with Crippen LogP contribution in [0, 0.1) is 10.8 Å². The molecule has 0 fully saturated rings. The molecular formula is C24H46O8. The SMILES string of the molecule is CCC(CCCOC(=O)OOC(C)(C)CC(C)(C)C)OC(=O)OOC(C)(C)CC(C)(C)C. The molecule has 8 heteroatoms. The van der Waals surface area contributed by atoms with Crippen LogP contribution in [0.1, 0.15) is 108 Å². The quantitative estimate of drug-likeness (QED) is 0.131. The number of carbonyl (C=O) groups is 2. The largest absolute Gasteiger partial charge is 0.540 e. The molecule has 0 rings (SSSR count). The van der Waals surface area contributed by atoms with Crippen LogP contribution in [0.3, 0.4) is 0 Å². The minimum atomic E-state index is -0.894. The Morgan fingerprint density at radius 1 is 0.719 bits per heavy atom. The molecule has 190 valence electrons. The Balaban J connectivity index is 4.20. The van der Waals surface area contributed by atoms with Crippen LogP contribution in [-0.2, 0) is 29.0 Å².